The molecule has 0 spiro atoms. The highest BCUT2D eigenvalue weighted by Gasteiger charge is 2.50. The van der Waals surface area contributed by atoms with Gasteiger partial charge in [0.25, 0.3) is 0 Å². The number of rotatable bonds is 1. The van der Waals surface area contributed by atoms with Gasteiger partial charge in [0, 0.05) is 12.6 Å². The Labute approximate surface area is 96.8 Å². The minimum Gasteiger partial charge on any atom is -0.367 e. The van der Waals surface area contributed by atoms with Crippen LogP contribution in [0.2, 0.25) is 0 Å². The number of hydrogen-bond donors (Lipinski definition) is 1. The molecule has 0 radical (unpaired) electrons. The van der Waals surface area contributed by atoms with Gasteiger partial charge in [-0.3, -0.25) is 0 Å². The van der Waals surface area contributed by atoms with Crippen LogP contribution < -0.4 is 5.32 Å². The van der Waals surface area contributed by atoms with E-state index in [4.69, 9.17) is 4.74 Å². The molecule has 1 aromatic rings. The monoisotopic (exact) mass is 243 g/mol. The van der Waals surface area contributed by atoms with Gasteiger partial charge in [0.05, 0.1) is 12.2 Å². The molecule has 0 amide bonds. The van der Waals surface area contributed by atoms with Crippen LogP contribution in [0.5, 0.6) is 0 Å². The van der Waals surface area contributed by atoms with E-state index < -0.39 is 17.3 Å². The average Bonchev–Trinajstić information content (AvgIpc) is 2.89. The predicted molar refractivity (Wildman–Crippen MR) is 55.5 cm³/mol. The van der Waals surface area contributed by atoms with E-state index in [-0.39, 0.29) is 11.6 Å². The van der Waals surface area contributed by atoms with E-state index in [1.807, 2.05) is 0 Å². The van der Waals surface area contributed by atoms with Crippen LogP contribution in [0.15, 0.2) is 24.3 Å². The maximum absolute atomic E-state index is 12.9. The van der Waals surface area contributed by atoms with Crippen molar-refractivity contribution in [3.05, 3.63) is 35.4 Å². The normalized spacial score (nSPS) is 32.1. The molecule has 2 heterocycles. The Balaban J connectivity index is 2.09. The molecule has 2 bridgehead atoms. The zero-order valence-electron chi connectivity index (χ0n) is 9.05. The van der Waals surface area contributed by atoms with Crippen LogP contribution in [0.4, 0.5) is 13.2 Å². The first kappa shape index (κ1) is 11.0. The average molecular weight is 243 g/mol. The van der Waals surface area contributed by atoms with Gasteiger partial charge in [-0.15, -0.1) is 0 Å². The highest BCUT2D eigenvalue weighted by Crippen LogP contribution is 2.45. The summed E-state index contributed by atoms with van der Waals surface area (Å²) in [6, 6.07) is 5.89. The first-order chi connectivity index (χ1) is 8.01. The summed E-state index contributed by atoms with van der Waals surface area (Å²) < 4.78 is 44.4. The topological polar surface area (TPSA) is 21.3 Å². The van der Waals surface area contributed by atoms with Gasteiger partial charge >= 0.3 is 6.18 Å². The summed E-state index contributed by atoms with van der Waals surface area (Å²) in [5.41, 5.74) is -1.10. The molecule has 92 valence electrons. The fourth-order valence-corrected chi connectivity index (χ4v) is 2.75. The molecule has 0 aromatic heterocycles. The van der Waals surface area contributed by atoms with Gasteiger partial charge in [0.1, 0.15) is 5.60 Å². The van der Waals surface area contributed by atoms with Crippen molar-refractivity contribution < 1.29 is 17.9 Å². The molecular weight excluding hydrogens is 231 g/mol. The molecule has 1 N–H and O–H groups in total. The van der Waals surface area contributed by atoms with Crippen molar-refractivity contribution in [2.24, 2.45) is 0 Å². The van der Waals surface area contributed by atoms with Crippen LogP contribution in [-0.2, 0) is 16.5 Å². The minimum absolute atomic E-state index is 0.191. The van der Waals surface area contributed by atoms with Crippen LogP contribution in [-0.4, -0.2) is 19.2 Å². The van der Waals surface area contributed by atoms with Crippen molar-refractivity contribution in [3.8, 4) is 0 Å². The largest absolute Gasteiger partial charge is 0.416 e. The molecule has 2 unspecified atom stereocenters. The number of morpholine rings is 1. The van der Waals surface area contributed by atoms with Crippen molar-refractivity contribution in [1.29, 1.82) is 0 Å². The second-order valence-corrected chi connectivity index (χ2v) is 4.63. The lowest BCUT2D eigenvalue weighted by Gasteiger charge is -2.29. The molecule has 2 atom stereocenters. The molecular formula is C12H12F3NO. The van der Waals surface area contributed by atoms with Crippen LogP contribution in [0.1, 0.15) is 17.5 Å². The van der Waals surface area contributed by atoms with Gasteiger partial charge < -0.3 is 10.1 Å². The summed E-state index contributed by atoms with van der Waals surface area (Å²) in [6.45, 7) is 0.955. The Kier molecular flexibility index (Phi) is 2.25. The Morgan fingerprint density at radius 1 is 1.29 bits per heavy atom. The van der Waals surface area contributed by atoms with Gasteiger partial charge in [0.15, 0.2) is 0 Å². The number of halogens is 3. The third-order valence-electron chi connectivity index (χ3n) is 3.54. The van der Waals surface area contributed by atoms with Gasteiger partial charge in [0.2, 0.25) is 0 Å². The van der Waals surface area contributed by atoms with Crippen molar-refractivity contribution in [2.45, 2.75) is 24.2 Å². The van der Waals surface area contributed by atoms with Crippen LogP contribution in [0, 0.1) is 0 Å². The Morgan fingerprint density at radius 3 is 2.59 bits per heavy atom. The second kappa shape index (κ2) is 3.46. The third kappa shape index (κ3) is 1.65. The lowest BCUT2D eigenvalue weighted by atomic mass is 9.88. The number of alkyl halides is 3. The van der Waals surface area contributed by atoms with Crippen LogP contribution in [0.25, 0.3) is 0 Å². The first-order valence-corrected chi connectivity index (χ1v) is 5.55. The third-order valence-corrected chi connectivity index (χ3v) is 3.54. The predicted octanol–water partition coefficient (Wildman–Crippen LogP) is 2.29. The number of nitrogens with one attached hydrogen (secondary N) is 1. The Bertz CT molecular complexity index is 436. The summed E-state index contributed by atoms with van der Waals surface area (Å²) in [4.78, 5) is 0. The molecule has 3 rings (SSSR count). The first-order valence-electron chi connectivity index (χ1n) is 5.55. The summed E-state index contributed by atoms with van der Waals surface area (Å²) in [7, 11) is 0. The molecule has 2 aliphatic rings. The van der Waals surface area contributed by atoms with Crippen LogP contribution >= 0.6 is 0 Å². The maximum Gasteiger partial charge on any atom is 0.416 e. The smallest absolute Gasteiger partial charge is 0.367 e. The SMILES string of the molecule is FC(F)(F)c1ccccc1C12CNC(CO1)C2. The lowest BCUT2D eigenvalue weighted by molar-refractivity contribution is -0.141. The van der Waals surface area contributed by atoms with Gasteiger partial charge in [-0.2, -0.15) is 13.2 Å². The highest BCUT2D eigenvalue weighted by atomic mass is 19.4. The van der Waals surface area contributed by atoms with E-state index in [1.165, 1.54) is 12.1 Å². The fourth-order valence-electron chi connectivity index (χ4n) is 2.75. The van der Waals surface area contributed by atoms with E-state index in [0.29, 0.717) is 19.6 Å². The number of benzene rings is 1. The van der Waals surface area contributed by atoms with Crippen LogP contribution in [0.3, 0.4) is 0 Å². The van der Waals surface area contributed by atoms with Gasteiger partial charge in [-0.05, 0) is 18.1 Å². The number of fused-ring (bicyclic) bond motifs is 2. The van der Waals surface area contributed by atoms with E-state index >= 15 is 0 Å². The molecule has 1 aromatic carbocycles. The molecule has 0 aliphatic carbocycles. The number of ether oxygens (including phenoxy) is 1. The van der Waals surface area contributed by atoms with Crippen molar-refractivity contribution in [3.63, 3.8) is 0 Å². The molecule has 2 saturated heterocycles. The van der Waals surface area contributed by atoms with E-state index in [2.05, 4.69) is 5.32 Å². The molecule has 0 saturated carbocycles. The zero-order chi connectivity index (χ0) is 12.1. The van der Waals surface area contributed by atoms with Gasteiger partial charge in [-0.1, -0.05) is 18.2 Å². The van der Waals surface area contributed by atoms with E-state index in [0.717, 1.165) is 6.07 Å². The molecule has 2 aliphatic heterocycles. The Morgan fingerprint density at radius 2 is 2.06 bits per heavy atom. The van der Waals surface area contributed by atoms with Crippen molar-refractivity contribution >= 4 is 0 Å². The van der Waals surface area contributed by atoms with E-state index in [9.17, 15) is 13.2 Å². The van der Waals surface area contributed by atoms with Crippen molar-refractivity contribution in [2.75, 3.05) is 13.2 Å². The Hall–Kier alpha value is -1.07. The molecule has 17 heavy (non-hydrogen) atoms. The van der Waals surface area contributed by atoms with Crippen molar-refractivity contribution in [1.82, 2.24) is 5.32 Å². The summed E-state index contributed by atoms with van der Waals surface area (Å²) in [5, 5.41) is 3.18. The summed E-state index contributed by atoms with van der Waals surface area (Å²) in [5.74, 6) is 0. The molecule has 5 heteroatoms. The molecule has 2 nitrogen and oxygen atoms in total. The quantitative estimate of drug-likeness (QED) is 0.817. The standard InChI is InChI=1S/C12H12F3NO/c13-12(14,15)10-4-2-1-3-9(10)11-5-8(6-17-11)16-7-11/h1-4,8,16H,5-7H2. The maximum atomic E-state index is 12.9. The number of hydrogen-bond acceptors (Lipinski definition) is 2. The fraction of sp³-hybridized carbons (Fsp3) is 0.500. The lowest BCUT2D eigenvalue weighted by Crippen LogP contribution is -2.38. The zero-order valence-corrected chi connectivity index (χ0v) is 9.05. The van der Waals surface area contributed by atoms with E-state index in [1.54, 1.807) is 6.07 Å². The summed E-state index contributed by atoms with van der Waals surface area (Å²) >= 11 is 0. The summed E-state index contributed by atoms with van der Waals surface area (Å²) in [6.07, 6.45) is -3.70. The second-order valence-electron chi connectivity index (χ2n) is 4.63. The van der Waals surface area contributed by atoms with Gasteiger partial charge in [-0.25, -0.2) is 0 Å². The molecule has 2 fully saturated rings. The highest BCUT2D eigenvalue weighted by molar-refractivity contribution is 5.37. The minimum atomic E-state index is -4.32.